The number of nitrogens with one attached hydrogen (secondary N) is 1. The first kappa shape index (κ1) is 23.0. The summed E-state index contributed by atoms with van der Waals surface area (Å²) in [6.45, 7) is 2.23. The van der Waals surface area contributed by atoms with Gasteiger partial charge in [0.15, 0.2) is 0 Å². The van der Waals surface area contributed by atoms with E-state index in [2.05, 4.69) is 21.2 Å². The number of hydrogen-bond acceptors (Lipinski definition) is 5. The van der Waals surface area contributed by atoms with E-state index in [0.717, 1.165) is 15.8 Å². The number of anilines is 1. The zero-order valence-corrected chi connectivity index (χ0v) is 20.2. The van der Waals surface area contributed by atoms with Gasteiger partial charge >= 0.3 is 6.03 Å². The highest BCUT2D eigenvalue weighted by Gasteiger charge is 2.37. The summed E-state index contributed by atoms with van der Waals surface area (Å²) in [6, 6.07) is 13.3. The summed E-state index contributed by atoms with van der Waals surface area (Å²) in [4.78, 5) is 53.9. The van der Waals surface area contributed by atoms with Crippen LogP contribution in [0.5, 0.6) is 0 Å². The van der Waals surface area contributed by atoms with E-state index < -0.39 is 17.8 Å². The van der Waals surface area contributed by atoms with Crippen molar-refractivity contribution in [2.45, 2.75) is 6.54 Å². The SMILES string of the molecule is O=C1NC(=O)N(c2cccc(Br)c2)C(=O)/C1=C\c1cn(CC(=O)N2CCOCC2)c2ccccc12. The van der Waals surface area contributed by atoms with E-state index in [-0.39, 0.29) is 18.0 Å². The van der Waals surface area contributed by atoms with Crippen molar-refractivity contribution < 1.29 is 23.9 Å². The summed E-state index contributed by atoms with van der Waals surface area (Å²) < 4.78 is 7.82. The van der Waals surface area contributed by atoms with Gasteiger partial charge in [0, 0.05) is 40.2 Å². The van der Waals surface area contributed by atoms with Crippen LogP contribution in [0.25, 0.3) is 17.0 Å². The van der Waals surface area contributed by atoms with E-state index in [1.807, 2.05) is 28.8 Å². The molecule has 5 amide bonds. The molecule has 3 aromatic rings. The van der Waals surface area contributed by atoms with Gasteiger partial charge in [-0.3, -0.25) is 19.7 Å². The van der Waals surface area contributed by atoms with Crippen LogP contribution >= 0.6 is 15.9 Å². The van der Waals surface area contributed by atoms with Crippen LogP contribution in [0.2, 0.25) is 0 Å². The van der Waals surface area contributed by atoms with Crippen molar-refractivity contribution in [3.63, 3.8) is 0 Å². The largest absolute Gasteiger partial charge is 0.378 e. The third-order valence-corrected chi connectivity index (χ3v) is 6.45. The van der Waals surface area contributed by atoms with E-state index in [1.54, 1.807) is 35.4 Å². The second-order valence-electron chi connectivity index (χ2n) is 8.16. The number of aromatic nitrogens is 1. The van der Waals surface area contributed by atoms with Crippen LogP contribution in [0.15, 0.2) is 64.8 Å². The number of para-hydroxylation sites is 1. The van der Waals surface area contributed by atoms with Crippen molar-refractivity contribution in [1.29, 1.82) is 0 Å². The molecule has 10 heteroatoms. The molecule has 5 rings (SSSR count). The lowest BCUT2D eigenvalue weighted by molar-refractivity contribution is -0.135. The van der Waals surface area contributed by atoms with E-state index >= 15 is 0 Å². The quantitative estimate of drug-likeness (QED) is 0.408. The van der Waals surface area contributed by atoms with E-state index in [1.165, 1.54) is 6.08 Å². The third-order valence-electron chi connectivity index (χ3n) is 5.96. The van der Waals surface area contributed by atoms with Gasteiger partial charge in [-0.1, -0.05) is 40.2 Å². The summed E-state index contributed by atoms with van der Waals surface area (Å²) >= 11 is 3.34. The number of barbiturate groups is 1. The van der Waals surface area contributed by atoms with Crippen LogP contribution in [0.3, 0.4) is 0 Å². The molecule has 0 radical (unpaired) electrons. The Morgan fingerprint density at radius 2 is 1.83 bits per heavy atom. The van der Waals surface area contributed by atoms with Crippen molar-refractivity contribution in [3.8, 4) is 0 Å². The van der Waals surface area contributed by atoms with Crippen molar-refractivity contribution >= 4 is 62.3 Å². The molecule has 2 saturated heterocycles. The van der Waals surface area contributed by atoms with Gasteiger partial charge in [0.25, 0.3) is 11.8 Å². The molecule has 178 valence electrons. The molecule has 9 nitrogen and oxygen atoms in total. The molecule has 1 aromatic heterocycles. The van der Waals surface area contributed by atoms with Gasteiger partial charge in [-0.15, -0.1) is 0 Å². The predicted molar refractivity (Wildman–Crippen MR) is 132 cm³/mol. The van der Waals surface area contributed by atoms with Crippen molar-refractivity contribution in [2.24, 2.45) is 0 Å². The zero-order chi connectivity index (χ0) is 24.5. The molecular weight excluding hydrogens is 516 g/mol. The number of benzene rings is 2. The van der Waals surface area contributed by atoms with Crippen molar-refractivity contribution in [2.75, 3.05) is 31.2 Å². The monoisotopic (exact) mass is 536 g/mol. The summed E-state index contributed by atoms with van der Waals surface area (Å²) in [6.07, 6.45) is 3.21. The molecular formula is C25H21BrN4O5. The fourth-order valence-corrected chi connectivity index (χ4v) is 4.63. The van der Waals surface area contributed by atoms with Crippen LogP contribution in [0, 0.1) is 0 Å². The molecule has 1 N–H and O–H groups in total. The van der Waals surface area contributed by atoms with Crippen LogP contribution in [-0.4, -0.2) is 59.5 Å². The van der Waals surface area contributed by atoms with Crippen molar-refractivity contribution in [1.82, 2.24) is 14.8 Å². The lowest BCUT2D eigenvalue weighted by Gasteiger charge is -2.27. The molecule has 3 heterocycles. The number of ether oxygens (including phenoxy) is 1. The maximum absolute atomic E-state index is 13.3. The normalized spacial score (nSPS) is 17.9. The molecule has 35 heavy (non-hydrogen) atoms. The number of morpholine rings is 1. The number of carbonyl (C=O) groups is 4. The molecule has 0 atom stereocenters. The summed E-state index contributed by atoms with van der Waals surface area (Å²) in [5, 5.41) is 3.02. The van der Waals surface area contributed by atoms with Crippen molar-refractivity contribution in [3.05, 3.63) is 70.3 Å². The average Bonchev–Trinajstić information content (AvgIpc) is 3.19. The van der Waals surface area contributed by atoms with Gasteiger partial charge in [0.1, 0.15) is 12.1 Å². The Morgan fingerprint density at radius 3 is 2.60 bits per heavy atom. The highest BCUT2D eigenvalue weighted by Crippen LogP contribution is 2.28. The second kappa shape index (κ2) is 9.47. The first-order chi connectivity index (χ1) is 16.9. The summed E-state index contributed by atoms with van der Waals surface area (Å²) in [5.74, 6) is -1.53. The van der Waals surface area contributed by atoms with E-state index in [4.69, 9.17) is 4.74 Å². The molecule has 0 aliphatic carbocycles. The fraction of sp³-hybridized carbons (Fsp3) is 0.200. The van der Waals surface area contributed by atoms with Gasteiger partial charge in [-0.05, 0) is 30.3 Å². The molecule has 0 bridgehead atoms. The number of amides is 5. The first-order valence-electron chi connectivity index (χ1n) is 11.0. The minimum absolute atomic E-state index is 0.0360. The number of hydrogen-bond donors (Lipinski definition) is 1. The number of urea groups is 1. The molecule has 0 spiro atoms. The Bertz CT molecular complexity index is 1390. The van der Waals surface area contributed by atoms with E-state index in [9.17, 15) is 19.2 Å². The van der Waals surface area contributed by atoms with Gasteiger partial charge in [0.05, 0.1) is 18.9 Å². The number of carbonyl (C=O) groups excluding carboxylic acids is 4. The number of rotatable bonds is 4. The Kier molecular flexibility index (Phi) is 6.23. The van der Waals surface area contributed by atoms with Gasteiger partial charge < -0.3 is 14.2 Å². The van der Waals surface area contributed by atoms with Gasteiger partial charge in [-0.2, -0.15) is 0 Å². The lowest BCUT2D eigenvalue weighted by Crippen LogP contribution is -2.54. The van der Waals surface area contributed by atoms with Gasteiger partial charge in [-0.25, -0.2) is 9.69 Å². The number of fused-ring (bicyclic) bond motifs is 1. The van der Waals surface area contributed by atoms with Crippen LogP contribution < -0.4 is 10.2 Å². The Hall–Kier alpha value is -3.76. The number of halogens is 1. The Morgan fingerprint density at radius 1 is 1.06 bits per heavy atom. The minimum Gasteiger partial charge on any atom is -0.378 e. The average molecular weight is 537 g/mol. The molecule has 2 aromatic carbocycles. The third kappa shape index (κ3) is 4.50. The standard InChI is InChI=1S/C25H21BrN4O5/c26-17-4-3-5-18(13-17)30-24(33)20(23(32)27-25(30)34)12-16-14-29(21-7-2-1-6-19(16)21)15-22(31)28-8-10-35-11-9-28/h1-7,12-14H,8-11,15H2,(H,27,32,34)/b20-12-. The maximum atomic E-state index is 13.3. The molecule has 0 unspecified atom stereocenters. The highest BCUT2D eigenvalue weighted by atomic mass is 79.9. The van der Waals surface area contributed by atoms with Gasteiger partial charge in [0.2, 0.25) is 5.91 Å². The fourth-order valence-electron chi connectivity index (χ4n) is 4.24. The van der Waals surface area contributed by atoms with Crippen LogP contribution in [0.4, 0.5) is 10.5 Å². The first-order valence-corrected chi connectivity index (χ1v) is 11.8. The highest BCUT2D eigenvalue weighted by molar-refractivity contribution is 9.10. The molecule has 2 aliphatic heterocycles. The Labute approximate surface area is 209 Å². The van der Waals surface area contributed by atoms with Crippen LogP contribution in [-0.2, 0) is 25.7 Å². The number of imide groups is 2. The number of nitrogens with zero attached hydrogens (tertiary/aromatic N) is 3. The maximum Gasteiger partial charge on any atom is 0.335 e. The van der Waals surface area contributed by atoms with E-state index in [0.29, 0.717) is 42.0 Å². The Balaban J connectivity index is 1.51. The topological polar surface area (TPSA) is 101 Å². The van der Waals surface area contributed by atoms with Crippen LogP contribution in [0.1, 0.15) is 5.56 Å². The molecule has 2 aliphatic rings. The zero-order valence-electron chi connectivity index (χ0n) is 18.6. The smallest absolute Gasteiger partial charge is 0.335 e. The predicted octanol–water partition coefficient (Wildman–Crippen LogP) is 2.93. The second-order valence-corrected chi connectivity index (χ2v) is 9.08. The minimum atomic E-state index is -0.811. The summed E-state index contributed by atoms with van der Waals surface area (Å²) in [7, 11) is 0. The summed E-state index contributed by atoms with van der Waals surface area (Å²) in [5.41, 5.74) is 1.55. The lowest BCUT2D eigenvalue weighted by atomic mass is 10.1. The molecule has 2 fully saturated rings. The molecule has 0 saturated carbocycles.